The second kappa shape index (κ2) is 5.75. The SMILES string of the molecule is CCCCOC(=O)Cn1ncc(C#N)c1N. The van der Waals surface area contributed by atoms with E-state index in [1.807, 2.05) is 13.0 Å². The molecule has 0 amide bonds. The highest BCUT2D eigenvalue weighted by molar-refractivity contribution is 5.70. The Morgan fingerprint density at radius 1 is 1.75 bits per heavy atom. The van der Waals surface area contributed by atoms with Crippen molar-refractivity contribution in [3.05, 3.63) is 11.8 Å². The second-order valence-electron chi connectivity index (χ2n) is 3.29. The summed E-state index contributed by atoms with van der Waals surface area (Å²) in [4.78, 5) is 11.3. The molecule has 1 aromatic rings. The molecule has 86 valence electrons. The monoisotopic (exact) mass is 222 g/mol. The van der Waals surface area contributed by atoms with Crippen LogP contribution in [-0.4, -0.2) is 22.4 Å². The van der Waals surface area contributed by atoms with Gasteiger partial charge in [-0.25, -0.2) is 4.68 Å². The van der Waals surface area contributed by atoms with E-state index < -0.39 is 5.97 Å². The zero-order chi connectivity index (χ0) is 12.0. The predicted molar refractivity (Wildman–Crippen MR) is 57.2 cm³/mol. The molecular formula is C10H14N4O2. The summed E-state index contributed by atoms with van der Waals surface area (Å²) >= 11 is 0. The maximum absolute atomic E-state index is 11.3. The Kier molecular flexibility index (Phi) is 4.33. The third-order valence-corrected chi connectivity index (χ3v) is 2.04. The number of unbranched alkanes of at least 4 members (excludes halogenated alkanes) is 1. The summed E-state index contributed by atoms with van der Waals surface area (Å²) in [5, 5.41) is 12.5. The number of rotatable bonds is 5. The maximum atomic E-state index is 11.3. The van der Waals surface area contributed by atoms with Crippen molar-refractivity contribution >= 4 is 11.8 Å². The summed E-state index contributed by atoms with van der Waals surface area (Å²) in [6, 6.07) is 1.88. The number of nitrogens with two attached hydrogens (primary N) is 1. The highest BCUT2D eigenvalue weighted by Gasteiger charge is 2.10. The maximum Gasteiger partial charge on any atom is 0.327 e. The van der Waals surface area contributed by atoms with Crippen molar-refractivity contribution in [1.82, 2.24) is 9.78 Å². The first kappa shape index (κ1) is 12.0. The van der Waals surface area contributed by atoms with Gasteiger partial charge in [0.25, 0.3) is 0 Å². The number of anilines is 1. The minimum Gasteiger partial charge on any atom is -0.464 e. The molecule has 0 radical (unpaired) electrons. The van der Waals surface area contributed by atoms with Crippen LogP contribution in [0, 0.1) is 11.3 Å². The lowest BCUT2D eigenvalue weighted by Gasteiger charge is -2.05. The van der Waals surface area contributed by atoms with Crippen molar-refractivity contribution in [3.63, 3.8) is 0 Å². The number of nitrogen functional groups attached to an aromatic ring is 1. The van der Waals surface area contributed by atoms with Crippen LogP contribution in [-0.2, 0) is 16.1 Å². The highest BCUT2D eigenvalue weighted by Crippen LogP contribution is 2.08. The fraction of sp³-hybridized carbons (Fsp3) is 0.500. The minimum atomic E-state index is -0.396. The van der Waals surface area contributed by atoms with Crippen molar-refractivity contribution in [2.24, 2.45) is 0 Å². The number of ether oxygens (including phenoxy) is 1. The van der Waals surface area contributed by atoms with Gasteiger partial charge in [-0.15, -0.1) is 0 Å². The van der Waals surface area contributed by atoms with Crippen molar-refractivity contribution in [2.45, 2.75) is 26.3 Å². The van der Waals surface area contributed by atoms with Crippen LogP contribution >= 0.6 is 0 Å². The van der Waals surface area contributed by atoms with Crippen LogP contribution in [0.5, 0.6) is 0 Å². The molecule has 2 N–H and O–H groups in total. The largest absolute Gasteiger partial charge is 0.464 e. The summed E-state index contributed by atoms with van der Waals surface area (Å²) in [6.07, 6.45) is 3.13. The number of hydrogen-bond acceptors (Lipinski definition) is 5. The average Bonchev–Trinajstić information content (AvgIpc) is 2.60. The van der Waals surface area contributed by atoms with Gasteiger partial charge >= 0.3 is 5.97 Å². The number of nitrogens with zero attached hydrogens (tertiary/aromatic N) is 3. The molecule has 1 heterocycles. The highest BCUT2D eigenvalue weighted by atomic mass is 16.5. The molecule has 6 nitrogen and oxygen atoms in total. The Morgan fingerprint density at radius 3 is 3.06 bits per heavy atom. The summed E-state index contributed by atoms with van der Waals surface area (Å²) in [6.45, 7) is 2.36. The molecule has 0 unspecified atom stereocenters. The topological polar surface area (TPSA) is 93.9 Å². The molecule has 0 aliphatic carbocycles. The Balaban J connectivity index is 2.50. The van der Waals surface area contributed by atoms with E-state index in [2.05, 4.69) is 5.10 Å². The Morgan fingerprint density at radius 2 is 2.50 bits per heavy atom. The van der Waals surface area contributed by atoms with E-state index in [9.17, 15) is 4.79 Å². The van der Waals surface area contributed by atoms with E-state index in [4.69, 9.17) is 15.7 Å². The lowest BCUT2D eigenvalue weighted by atomic mass is 10.4. The van der Waals surface area contributed by atoms with Gasteiger partial charge in [0, 0.05) is 0 Å². The second-order valence-corrected chi connectivity index (χ2v) is 3.29. The van der Waals surface area contributed by atoms with E-state index in [1.54, 1.807) is 0 Å². The molecule has 0 spiro atoms. The number of carbonyl (C=O) groups excluding carboxylic acids is 1. The first-order chi connectivity index (χ1) is 7.69. The van der Waals surface area contributed by atoms with Crippen LogP contribution in [0.2, 0.25) is 0 Å². The van der Waals surface area contributed by atoms with Gasteiger partial charge < -0.3 is 10.5 Å². The van der Waals surface area contributed by atoms with Crippen molar-refractivity contribution in [2.75, 3.05) is 12.3 Å². The van der Waals surface area contributed by atoms with Crippen LogP contribution in [0.15, 0.2) is 6.20 Å². The first-order valence-corrected chi connectivity index (χ1v) is 5.06. The van der Waals surface area contributed by atoms with Gasteiger partial charge in [0.15, 0.2) is 0 Å². The van der Waals surface area contributed by atoms with E-state index >= 15 is 0 Å². The van der Waals surface area contributed by atoms with Gasteiger partial charge in [0.05, 0.1) is 12.8 Å². The molecule has 1 rings (SSSR count). The molecule has 0 aliphatic rings. The van der Waals surface area contributed by atoms with Crippen LogP contribution in [0.1, 0.15) is 25.3 Å². The zero-order valence-corrected chi connectivity index (χ0v) is 9.14. The molecule has 0 atom stereocenters. The number of nitriles is 1. The third kappa shape index (κ3) is 2.98. The van der Waals surface area contributed by atoms with Gasteiger partial charge in [0.1, 0.15) is 24.0 Å². The van der Waals surface area contributed by atoms with Crippen LogP contribution in [0.4, 0.5) is 5.82 Å². The van der Waals surface area contributed by atoms with Crippen LogP contribution in [0.25, 0.3) is 0 Å². The summed E-state index contributed by atoms with van der Waals surface area (Å²) in [7, 11) is 0. The zero-order valence-electron chi connectivity index (χ0n) is 9.14. The van der Waals surface area contributed by atoms with Crippen LogP contribution in [0.3, 0.4) is 0 Å². The lowest BCUT2D eigenvalue weighted by Crippen LogP contribution is -2.16. The molecule has 0 aliphatic heterocycles. The first-order valence-electron chi connectivity index (χ1n) is 5.06. The molecule has 16 heavy (non-hydrogen) atoms. The van der Waals surface area contributed by atoms with Crippen molar-refractivity contribution in [1.29, 1.82) is 5.26 Å². The Hall–Kier alpha value is -2.03. The van der Waals surface area contributed by atoms with Crippen molar-refractivity contribution < 1.29 is 9.53 Å². The number of aromatic nitrogens is 2. The molecule has 6 heteroatoms. The average molecular weight is 222 g/mol. The summed E-state index contributed by atoms with van der Waals surface area (Å²) in [5.74, 6) is -0.206. The fourth-order valence-corrected chi connectivity index (χ4v) is 1.11. The van der Waals surface area contributed by atoms with E-state index in [1.165, 1.54) is 10.9 Å². The summed E-state index contributed by atoms with van der Waals surface area (Å²) in [5.41, 5.74) is 5.85. The van der Waals surface area contributed by atoms with E-state index in [-0.39, 0.29) is 17.9 Å². The Bertz CT molecular complexity index is 405. The molecular weight excluding hydrogens is 208 g/mol. The predicted octanol–water partition coefficient (Wildman–Crippen LogP) is 0.680. The van der Waals surface area contributed by atoms with Crippen molar-refractivity contribution in [3.8, 4) is 6.07 Å². The van der Waals surface area contributed by atoms with Gasteiger partial charge in [0.2, 0.25) is 0 Å². The quantitative estimate of drug-likeness (QED) is 0.584. The number of hydrogen-bond donors (Lipinski definition) is 1. The number of esters is 1. The molecule has 0 aromatic carbocycles. The summed E-state index contributed by atoms with van der Waals surface area (Å²) < 4.78 is 6.20. The van der Waals surface area contributed by atoms with Gasteiger partial charge in [-0.05, 0) is 6.42 Å². The Labute approximate surface area is 93.6 Å². The molecule has 0 saturated carbocycles. The lowest BCUT2D eigenvalue weighted by molar-refractivity contribution is -0.144. The minimum absolute atomic E-state index is 0.0583. The van der Waals surface area contributed by atoms with Gasteiger partial charge in [-0.2, -0.15) is 10.4 Å². The standard InChI is InChI=1S/C10H14N4O2/c1-2-3-4-16-9(15)7-14-10(12)8(5-11)6-13-14/h6H,2-4,7,12H2,1H3. The molecule has 0 bridgehead atoms. The normalized spacial score (nSPS) is 9.75. The third-order valence-electron chi connectivity index (χ3n) is 2.04. The van der Waals surface area contributed by atoms with E-state index in [0.29, 0.717) is 6.61 Å². The van der Waals surface area contributed by atoms with Crippen LogP contribution < -0.4 is 5.73 Å². The van der Waals surface area contributed by atoms with E-state index in [0.717, 1.165) is 12.8 Å². The smallest absolute Gasteiger partial charge is 0.327 e. The molecule has 0 saturated heterocycles. The fourth-order valence-electron chi connectivity index (χ4n) is 1.11. The van der Waals surface area contributed by atoms with Gasteiger partial charge in [-0.1, -0.05) is 13.3 Å². The number of carbonyl (C=O) groups is 1. The molecule has 0 fully saturated rings. The molecule has 1 aromatic heterocycles. The van der Waals surface area contributed by atoms with Gasteiger partial charge in [-0.3, -0.25) is 4.79 Å².